The summed E-state index contributed by atoms with van der Waals surface area (Å²) in [6.45, 7) is 0.521. The number of nitrogens with zero attached hydrogens (tertiary/aromatic N) is 2. The van der Waals surface area contributed by atoms with Crippen molar-refractivity contribution in [2.24, 2.45) is 5.73 Å². The van der Waals surface area contributed by atoms with Gasteiger partial charge in [0.15, 0.2) is 0 Å². The molecule has 0 radical (unpaired) electrons. The monoisotopic (exact) mass is 155 g/mol. The summed E-state index contributed by atoms with van der Waals surface area (Å²) in [6.07, 6.45) is 3.18. The van der Waals surface area contributed by atoms with Crippen LogP contribution >= 0.6 is 0 Å². The lowest BCUT2D eigenvalue weighted by molar-refractivity contribution is 0.256. The van der Waals surface area contributed by atoms with Crippen molar-refractivity contribution in [2.75, 3.05) is 20.6 Å². The minimum absolute atomic E-state index is 0.0880. The van der Waals surface area contributed by atoms with E-state index in [1.807, 2.05) is 19.0 Å². The normalized spacial score (nSPS) is 13.8. The van der Waals surface area contributed by atoms with Crippen LogP contribution in [-0.2, 0) is 0 Å². The molecular formula is C7H13N3O. The molecule has 0 saturated carbocycles. The Bertz CT molecular complexity index is 195. The molecule has 4 nitrogen and oxygen atoms in total. The second-order valence-corrected chi connectivity index (χ2v) is 2.59. The highest BCUT2D eigenvalue weighted by Crippen LogP contribution is 2.13. The second kappa shape index (κ2) is 3.50. The van der Waals surface area contributed by atoms with Crippen LogP contribution in [0.15, 0.2) is 16.9 Å². The maximum absolute atomic E-state index is 5.52. The van der Waals surface area contributed by atoms with Crippen LogP contribution in [0.2, 0.25) is 0 Å². The molecule has 1 unspecified atom stereocenters. The van der Waals surface area contributed by atoms with Crippen LogP contribution in [0.25, 0.3) is 0 Å². The van der Waals surface area contributed by atoms with Crippen molar-refractivity contribution >= 4 is 0 Å². The van der Waals surface area contributed by atoms with Gasteiger partial charge in [0.25, 0.3) is 0 Å². The molecular weight excluding hydrogens is 142 g/mol. The zero-order valence-corrected chi connectivity index (χ0v) is 6.82. The summed E-state index contributed by atoms with van der Waals surface area (Å²) in [5.41, 5.74) is 5.52. The van der Waals surface area contributed by atoms with Crippen LogP contribution in [0.4, 0.5) is 0 Å². The Balaban J connectivity index is 2.71. The van der Waals surface area contributed by atoms with E-state index in [9.17, 15) is 0 Å². The molecule has 0 saturated heterocycles. The number of likely N-dealkylation sites (N-methyl/N-ethyl adjacent to an activating group) is 1. The van der Waals surface area contributed by atoms with E-state index in [1.54, 1.807) is 12.5 Å². The van der Waals surface area contributed by atoms with Crippen LogP contribution in [-0.4, -0.2) is 30.5 Å². The maximum atomic E-state index is 5.52. The molecule has 0 fully saturated rings. The SMILES string of the molecule is CN(C)C(CN)c1ncco1. The topological polar surface area (TPSA) is 55.3 Å². The van der Waals surface area contributed by atoms with E-state index in [0.717, 1.165) is 0 Å². The van der Waals surface area contributed by atoms with E-state index in [4.69, 9.17) is 10.2 Å². The first kappa shape index (κ1) is 8.23. The average molecular weight is 155 g/mol. The molecule has 1 atom stereocenters. The van der Waals surface area contributed by atoms with Gasteiger partial charge in [-0.25, -0.2) is 4.98 Å². The summed E-state index contributed by atoms with van der Waals surface area (Å²) in [7, 11) is 3.89. The fourth-order valence-corrected chi connectivity index (χ4v) is 0.932. The number of nitrogens with two attached hydrogens (primary N) is 1. The first-order valence-corrected chi connectivity index (χ1v) is 3.51. The quantitative estimate of drug-likeness (QED) is 0.679. The van der Waals surface area contributed by atoms with Gasteiger partial charge in [0.1, 0.15) is 6.26 Å². The summed E-state index contributed by atoms with van der Waals surface area (Å²) >= 11 is 0. The van der Waals surface area contributed by atoms with E-state index >= 15 is 0 Å². The van der Waals surface area contributed by atoms with E-state index in [0.29, 0.717) is 12.4 Å². The molecule has 1 rings (SSSR count). The lowest BCUT2D eigenvalue weighted by Gasteiger charge is -2.18. The van der Waals surface area contributed by atoms with E-state index in [2.05, 4.69) is 4.98 Å². The molecule has 0 spiro atoms. The molecule has 0 aromatic carbocycles. The van der Waals surface area contributed by atoms with Crippen LogP contribution in [0.5, 0.6) is 0 Å². The van der Waals surface area contributed by atoms with Gasteiger partial charge in [-0.3, -0.25) is 4.90 Å². The minimum Gasteiger partial charge on any atom is -0.447 e. The van der Waals surface area contributed by atoms with Gasteiger partial charge in [-0.2, -0.15) is 0 Å². The number of hydrogen-bond donors (Lipinski definition) is 1. The van der Waals surface area contributed by atoms with Crippen LogP contribution in [0.1, 0.15) is 11.9 Å². The highest BCUT2D eigenvalue weighted by atomic mass is 16.3. The van der Waals surface area contributed by atoms with Gasteiger partial charge in [0, 0.05) is 6.54 Å². The summed E-state index contributed by atoms with van der Waals surface area (Å²) < 4.78 is 5.12. The van der Waals surface area contributed by atoms with E-state index in [-0.39, 0.29) is 6.04 Å². The third-order valence-corrected chi connectivity index (χ3v) is 1.58. The van der Waals surface area contributed by atoms with Crippen molar-refractivity contribution in [3.05, 3.63) is 18.4 Å². The summed E-state index contributed by atoms with van der Waals surface area (Å²) in [6, 6.07) is 0.0880. The standard InChI is InChI=1S/C7H13N3O/c1-10(2)6(5-8)7-9-3-4-11-7/h3-4,6H,5,8H2,1-2H3. The lowest BCUT2D eigenvalue weighted by atomic mass is 10.3. The predicted octanol–water partition coefficient (Wildman–Crippen LogP) is 0.236. The molecule has 62 valence electrons. The lowest BCUT2D eigenvalue weighted by Crippen LogP contribution is -2.27. The molecule has 11 heavy (non-hydrogen) atoms. The van der Waals surface area contributed by atoms with Crippen molar-refractivity contribution < 1.29 is 4.42 Å². The zero-order chi connectivity index (χ0) is 8.27. The second-order valence-electron chi connectivity index (χ2n) is 2.59. The van der Waals surface area contributed by atoms with Crippen molar-refractivity contribution in [2.45, 2.75) is 6.04 Å². The third-order valence-electron chi connectivity index (χ3n) is 1.58. The highest BCUT2D eigenvalue weighted by molar-refractivity contribution is 4.90. The highest BCUT2D eigenvalue weighted by Gasteiger charge is 2.15. The fourth-order valence-electron chi connectivity index (χ4n) is 0.932. The minimum atomic E-state index is 0.0880. The van der Waals surface area contributed by atoms with Crippen LogP contribution in [0, 0.1) is 0 Å². The maximum Gasteiger partial charge on any atom is 0.212 e. The smallest absolute Gasteiger partial charge is 0.212 e. The van der Waals surface area contributed by atoms with E-state index in [1.165, 1.54) is 0 Å². The Morgan fingerprint density at radius 3 is 2.82 bits per heavy atom. The van der Waals surface area contributed by atoms with Gasteiger partial charge in [0.05, 0.1) is 12.2 Å². The van der Waals surface area contributed by atoms with Gasteiger partial charge < -0.3 is 10.2 Å². The molecule has 4 heteroatoms. The van der Waals surface area contributed by atoms with Crippen molar-refractivity contribution in [3.63, 3.8) is 0 Å². The first-order valence-electron chi connectivity index (χ1n) is 3.51. The molecule has 0 aliphatic carbocycles. The first-order chi connectivity index (χ1) is 5.25. The molecule has 2 N–H and O–H groups in total. The number of aromatic nitrogens is 1. The van der Waals surface area contributed by atoms with Crippen molar-refractivity contribution in [1.29, 1.82) is 0 Å². The Kier molecular flexibility index (Phi) is 2.62. The van der Waals surface area contributed by atoms with Crippen LogP contribution < -0.4 is 5.73 Å². The van der Waals surface area contributed by atoms with Crippen LogP contribution in [0.3, 0.4) is 0 Å². The molecule has 0 amide bonds. The Morgan fingerprint density at radius 1 is 1.73 bits per heavy atom. The molecule has 1 aromatic heterocycles. The molecule has 1 aromatic rings. The molecule has 0 bridgehead atoms. The molecule has 0 aliphatic rings. The molecule has 1 heterocycles. The molecule has 0 aliphatic heterocycles. The third kappa shape index (κ3) is 1.78. The van der Waals surface area contributed by atoms with E-state index < -0.39 is 0 Å². The van der Waals surface area contributed by atoms with Crippen molar-refractivity contribution in [1.82, 2.24) is 9.88 Å². The Labute approximate surface area is 66.0 Å². The Morgan fingerprint density at radius 2 is 2.45 bits per heavy atom. The van der Waals surface area contributed by atoms with Gasteiger partial charge in [-0.15, -0.1) is 0 Å². The van der Waals surface area contributed by atoms with Gasteiger partial charge in [-0.1, -0.05) is 0 Å². The number of hydrogen-bond acceptors (Lipinski definition) is 4. The van der Waals surface area contributed by atoms with Gasteiger partial charge in [0.2, 0.25) is 5.89 Å². The fraction of sp³-hybridized carbons (Fsp3) is 0.571. The number of oxazole rings is 1. The van der Waals surface area contributed by atoms with Gasteiger partial charge >= 0.3 is 0 Å². The predicted molar refractivity (Wildman–Crippen MR) is 42.0 cm³/mol. The largest absolute Gasteiger partial charge is 0.447 e. The number of rotatable bonds is 3. The van der Waals surface area contributed by atoms with Crippen molar-refractivity contribution in [3.8, 4) is 0 Å². The average Bonchev–Trinajstić information content (AvgIpc) is 2.40. The summed E-state index contributed by atoms with van der Waals surface area (Å²) in [5.74, 6) is 0.678. The zero-order valence-electron chi connectivity index (χ0n) is 6.82. The van der Waals surface area contributed by atoms with Gasteiger partial charge in [-0.05, 0) is 14.1 Å². The summed E-state index contributed by atoms with van der Waals surface area (Å²) in [5, 5.41) is 0. The Hall–Kier alpha value is -0.870. The summed E-state index contributed by atoms with van der Waals surface area (Å²) in [4.78, 5) is 6.00.